The van der Waals surface area contributed by atoms with Gasteiger partial charge in [-0.1, -0.05) is 0 Å². The highest BCUT2D eigenvalue weighted by Gasteiger charge is 2.27. The van der Waals surface area contributed by atoms with Gasteiger partial charge in [0.25, 0.3) is 0 Å². The fourth-order valence-corrected chi connectivity index (χ4v) is 0.764. The summed E-state index contributed by atoms with van der Waals surface area (Å²) in [7, 11) is 0. The van der Waals surface area contributed by atoms with Crippen molar-refractivity contribution >= 4 is 11.8 Å². The van der Waals surface area contributed by atoms with Crippen molar-refractivity contribution in [2.45, 2.75) is 6.18 Å². The van der Waals surface area contributed by atoms with Crippen LogP contribution in [0, 0.1) is 0 Å². The normalized spacial score (nSPS) is 11.1. The van der Waals surface area contributed by atoms with Gasteiger partial charge in [0.15, 0.2) is 0 Å². The van der Waals surface area contributed by atoms with Gasteiger partial charge in [-0.2, -0.15) is 13.2 Å². The molecule has 100 valence electrons. The lowest BCUT2D eigenvalue weighted by atomic mass is 10.5. The van der Waals surface area contributed by atoms with Gasteiger partial charge >= 0.3 is 6.18 Å². The van der Waals surface area contributed by atoms with Crippen LogP contribution in [0.4, 0.5) is 13.2 Å². The van der Waals surface area contributed by atoms with Gasteiger partial charge in [-0.3, -0.25) is 9.59 Å². The Balaban J connectivity index is 3.43. The number of hydrogen-bond donors (Lipinski definition) is 3. The molecule has 0 saturated heterocycles. The van der Waals surface area contributed by atoms with Gasteiger partial charge in [-0.05, 0) is 0 Å². The zero-order valence-electron chi connectivity index (χ0n) is 8.97. The van der Waals surface area contributed by atoms with E-state index in [1.165, 1.54) is 0 Å². The molecule has 0 aromatic carbocycles. The zero-order valence-corrected chi connectivity index (χ0v) is 8.97. The molecule has 0 rings (SSSR count). The Morgan fingerprint density at radius 2 is 1.82 bits per heavy atom. The molecule has 0 bridgehead atoms. The molecule has 0 aromatic rings. The smallest absolute Gasteiger partial charge is 0.370 e. The predicted octanol–water partition coefficient (Wildman–Crippen LogP) is -1.24. The van der Waals surface area contributed by atoms with E-state index >= 15 is 0 Å². The van der Waals surface area contributed by atoms with Crippen LogP contribution in [0.3, 0.4) is 0 Å². The molecule has 0 saturated carbocycles. The van der Waals surface area contributed by atoms with E-state index in [2.05, 4.69) is 15.4 Å². The minimum absolute atomic E-state index is 0.0621. The van der Waals surface area contributed by atoms with Crippen LogP contribution >= 0.6 is 0 Å². The standard InChI is InChI=1S/C8H14F3N3O3/c9-8(10,11)5-17-2-1-13-7(16)4-14-6(15)3-12/h1-5,12H2,(H,13,16)(H,14,15). The number of alkyl halides is 3. The maximum Gasteiger partial charge on any atom is 0.411 e. The van der Waals surface area contributed by atoms with Gasteiger partial charge in [-0.25, -0.2) is 0 Å². The van der Waals surface area contributed by atoms with Crippen LogP contribution in [0.15, 0.2) is 0 Å². The van der Waals surface area contributed by atoms with Gasteiger partial charge in [0.2, 0.25) is 11.8 Å². The largest absolute Gasteiger partial charge is 0.411 e. The lowest BCUT2D eigenvalue weighted by molar-refractivity contribution is -0.173. The Morgan fingerprint density at radius 1 is 1.18 bits per heavy atom. The quantitative estimate of drug-likeness (QED) is 0.497. The highest BCUT2D eigenvalue weighted by molar-refractivity contribution is 5.85. The molecule has 17 heavy (non-hydrogen) atoms. The number of rotatable bonds is 7. The van der Waals surface area contributed by atoms with Crippen molar-refractivity contribution in [1.29, 1.82) is 0 Å². The van der Waals surface area contributed by atoms with E-state index in [0.29, 0.717) is 0 Å². The number of ether oxygens (including phenoxy) is 1. The first-order chi connectivity index (χ1) is 7.85. The summed E-state index contributed by atoms with van der Waals surface area (Å²) in [6, 6.07) is 0. The average molecular weight is 257 g/mol. The first-order valence-corrected chi connectivity index (χ1v) is 4.73. The van der Waals surface area contributed by atoms with Crippen LogP contribution in [0.5, 0.6) is 0 Å². The molecule has 9 heteroatoms. The molecule has 0 spiro atoms. The maximum absolute atomic E-state index is 11.6. The van der Waals surface area contributed by atoms with E-state index < -0.39 is 24.6 Å². The van der Waals surface area contributed by atoms with Crippen LogP contribution in [-0.2, 0) is 14.3 Å². The van der Waals surface area contributed by atoms with Gasteiger partial charge < -0.3 is 21.1 Å². The van der Waals surface area contributed by atoms with Crippen LogP contribution in [0.1, 0.15) is 0 Å². The number of nitrogens with two attached hydrogens (primary N) is 1. The molecule has 0 aliphatic rings. The topological polar surface area (TPSA) is 93.5 Å². The second kappa shape index (κ2) is 7.85. The number of carbonyl (C=O) groups excluding carboxylic acids is 2. The summed E-state index contributed by atoms with van der Waals surface area (Å²) in [5.74, 6) is -1.02. The molecular weight excluding hydrogens is 243 g/mol. The monoisotopic (exact) mass is 257 g/mol. The third-order valence-corrected chi connectivity index (χ3v) is 1.47. The molecule has 6 nitrogen and oxygen atoms in total. The minimum Gasteiger partial charge on any atom is -0.370 e. The summed E-state index contributed by atoms with van der Waals surface area (Å²) in [6.45, 7) is -2.17. The summed E-state index contributed by atoms with van der Waals surface area (Å²) in [6.07, 6.45) is -4.38. The van der Waals surface area contributed by atoms with E-state index in [1.807, 2.05) is 0 Å². The fraction of sp³-hybridized carbons (Fsp3) is 0.750. The number of nitrogens with one attached hydrogen (secondary N) is 2. The Kier molecular flexibility index (Phi) is 7.22. The van der Waals surface area contributed by atoms with Crippen LogP contribution in [0.25, 0.3) is 0 Å². The third kappa shape index (κ3) is 10.9. The Bertz CT molecular complexity index is 258. The minimum atomic E-state index is -4.38. The van der Waals surface area contributed by atoms with Crippen molar-refractivity contribution in [3.05, 3.63) is 0 Å². The van der Waals surface area contributed by atoms with Crippen LogP contribution in [0.2, 0.25) is 0 Å². The Hall–Kier alpha value is -1.35. The van der Waals surface area contributed by atoms with Gasteiger partial charge in [0.1, 0.15) is 6.61 Å². The number of carbonyl (C=O) groups is 2. The molecule has 0 aliphatic carbocycles. The molecule has 4 N–H and O–H groups in total. The highest BCUT2D eigenvalue weighted by atomic mass is 19.4. The lowest BCUT2D eigenvalue weighted by Gasteiger charge is -2.08. The fourth-order valence-electron chi connectivity index (χ4n) is 0.764. The van der Waals surface area contributed by atoms with E-state index in [0.717, 1.165) is 0 Å². The number of hydrogen-bond acceptors (Lipinski definition) is 4. The second-order valence-electron chi connectivity index (χ2n) is 3.00. The van der Waals surface area contributed by atoms with Crippen molar-refractivity contribution < 1.29 is 27.5 Å². The Morgan fingerprint density at radius 3 is 2.35 bits per heavy atom. The van der Waals surface area contributed by atoms with Gasteiger partial charge in [0, 0.05) is 6.54 Å². The van der Waals surface area contributed by atoms with Crippen molar-refractivity contribution in [1.82, 2.24) is 10.6 Å². The molecule has 0 atom stereocenters. The summed E-state index contributed by atoms with van der Waals surface area (Å²) < 4.78 is 39.1. The molecule has 0 aromatic heterocycles. The van der Waals surface area contributed by atoms with Gasteiger partial charge in [0.05, 0.1) is 19.7 Å². The summed E-state index contributed by atoms with van der Waals surface area (Å²) >= 11 is 0. The summed E-state index contributed by atoms with van der Waals surface area (Å²) in [4.78, 5) is 21.6. The van der Waals surface area contributed by atoms with Crippen LogP contribution < -0.4 is 16.4 Å². The van der Waals surface area contributed by atoms with Crippen molar-refractivity contribution in [2.75, 3.05) is 32.8 Å². The van der Waals surface area contributed by atoms with E-state index in [1.54, 1.807) is 0 Å². The van der Waals surface area contributed by atoms with E-state index in [-0.39, 0.29) is 26.2 Å². The predicted molar refractivity (Wildman–Crippen MR) is 51.9 cm³/mol. The molecular formula is C8H14F3N3O3. The molecule has 0 radical (unpaired) electrons. The summed E-state index contributed by atoms with van der Waals surface area (Å²) in [5, 5.41) is 4.46. The number of amides is 2. The highest BCUT2D eigenvalue weighted by Crippen LogP contribution is 2.13. The van der Waals surface area contributed by atoms with E-state index in [4.69, 9.17) is 5.73 Å². The molecule has 0 heterocycles. The third-order valence-electron chi connectivity index (χ3n) is 1.47. The Labute approximate surface area is 95.7 Å². The first-order valence-electron chi connectivity index (χ1n) is 4.73. The van der Waals surface area contributed by atoms with Gasteiger partial charge in [-0.15, -0.1) is 0 Å². The molecule has 0 fully saturated rings. The average Bonchev–Trinajstić information content (AvgIpc) is 2.23. The molecule has 2 amide bonds. The van der Waals surface area contributed by atoms with E-state index in [9.17, 15) is 22.8 Å². The van der Waals surface area contributed by atoms with Crippen LogP contribution in [-0.4, -0.2) is 50.8 Å². The zero-order chi connectivity index (χ0) is 13.3. The molecule has 0 aliphatic heterocycles. The molecule has 0 unspecified atom stereocenters. The lowest BCUT2D eigenvalue weighted by Crippen LogP contribution is -2.40. The maximum atomic E-state index is 11.6. The SMILES string of the molecule is NCC(=O)NCC(=O)NCCOCC(F)(F)F. The van der Waals surface area contributed by atoms with Crippen molar-refractivity contribution in [2.24, 2.45) is 5.73 Å². The number of halogens is 3. The van der Waals surface area contributed by atoms with Crippen molar-refractivity contribution in [3.63, 3.8) is 0 Å². The summed E-state index contributed by atoms with van der Waals surface area (Å²) in [5.41, 5.74) is 4.97. The van der Waals surface area contributed by atoms with Crippen molar-refractivity contribution in [3.8, 4) is 0 Å². The second-order valence-corrected chi connectivity index (χ2v) is 3.00. The first kappa shape index (κ1) is 15.7.